The zero-order chi connectivity index (χ0) is 8.39. The van der Waals surface area contributed by atoms with Crippen LogP contribution < -0.4 is 5.32 Å². The molecule has 0 radical (unpaired) electrons. The maximum absolute atomic E-state index is 11.0. The summed E-state index contributed by atoms with van der Waals surface area (Å²) >= 11 is 0. The molecule has 0 aliphatic carbocycles. The van der Waals surface area contributed by atoms with Gasteiger partial charge in [-0.1, -0.05) is 0 Å². The van der Waals surface area contributed by atoms with E-state index in [-0.39, 0.29) is 11.9 Å². The molecule has 1 unspecified atom stereocenters. The largest absolute Gasteiger partial charge is 0.467 e. The van der Waals surface area contributed by atoms with Crippen LogP contribution >= 0.6 is 0 Å². The Hall–Kier alpha value is -1.25. The highest BCUT2D eigenvalue weighted by atomic mass is 16.3. The zero-order valence-electron chi connectivity index (χ0n) is 6.75. The summed E-state index contributed by atoms with van der Waals surface area (Å²) in [6.45, 7) is 0. The van der Waals surface area contributed by atoms with E-state index in [2.05, 4.69) is 5.32 Å². The SMILES string of the molecule is O=C1CCCC(c2ccco2)N1. The lowest BCUT2D eigenvalue weighted by molar-refractivity contribution is -0.123. The molecule has 3 heteroatoms. The van der Waals surface area contributed by atoms with Gasteiger partial charge in [0.1, 0.15) is 5.76 Å². The van der Waals surface area contributed by atoms with E-state index in [1.165, 1.54) is 0 Å². The molecule has 64 valence electrons. The second-order valence-corrected chi connectivity index (χ2v) is 3.03. The van der Waals surface area contributed by atoms with Crippen molar-refractivity contribution in [2.75, 3.05) is 0 Å². The van der Waals surface area contributed by atoms with E-state index in [0.29, 0.717) is 6.42 Å². The van der Waals surface area contributed by atoms with Crippen LogP contribution in [0.15, 0.2) is 22.8 Å². The van der Waals surface area contributed by atoms with Crippen molar-refractivity contribution >= 4 is 5.91 Å². The minimum atomic E-state index is 0.0984. The Labute approximate surface area is 70.8 Å². The van der Waals surface area contributed by atoms with Crippen LogP contribution in [0.3, 0.4) is 0 Å². The lowest BCUT2D eigenvalue weighted by Gasteiger charge is -2.20. The Kier molecular flexibility index (Phi) is 1.86. The van der Waals surface area contributed by atoms with Crippen molar-refractivity contribution in [3.8, 4) is 0 Å². The van der Waals surface area contributed by atoms with Gasteiger partial charge in [0.15, 0.2) is 0 Å². The highest BCUT2D eigenvalue weighted by molar-refractivity contribution is 5.77. The van der Waals surface area contributed by atoms with E-state index < -0.39 is 0 Å². The van der Waals surface area contributed by atoms with Crippen LogP contribution in [0.1, 0.15) is 31.1 Å². The minimum absolute atomic E-state index is 0.0984. The summed E-state index contributed by atoms with van der Waals surface area (Å²) in [6.07, 6.45) is 4.23. The quantitative estimate of drug-likeness (QED) is 0.687. The highest BCUT2D eigenvalue weighted by Gasteiger charge is 2.21. The third-order valence-corrected chi connectivity index (χ3v) is 2.12. The maximum Gasteiger partial charge on any atom is 0.220 e. The second-order valence-electron chi connectivity index (χ2n) is 3.03. The molecule has 0 saturated carbocycles. The number of piperidine rings is 1. The van der Waals surface area contributed by atoms with Gasteiger partial charge in [-0.3, -0.25) is 4.79 Å². The molecule has 1 aliphatic rings. The Bertz CT molecular complexity index is 266. The number of hydrogen-bond acceptors (Lipinski definition) is 2. The van der Waals surface area contributed by atoms with Crippen LogP contribution in [-0.4, -0.2) is 5.91 Å². The van der Waals surface area contributed by atoms with Crippen LogP contribution in [-0.2, 0) is 4.79 Å². The van der Waals surface area contributed by atoms with Crippen LogP contribution in [0, 0.1) is 0 Å². The Balaban J connectivity index is 2.09. The monoisotopic (exact) mass is 165 g/mol. The lowest BCUT2D eigenvalue weighted by atomic mass is 10.0. The normalized spacial score (nSPS) is 23.7. The summed E-state index contributed by atoms with van der Waals surface area (Å²) in [5.41, 5.74) is 0. The predicted molar refractivity (Wildman–Crippen MR) is 43.4 cm³/mol. The van der Waals surface area contributed by atoms with Crippen LogP contribution in [0.25, 0.3) is 0 Å². The van der Waals surface area contributed by atoms with E-state index >= 15 is 0 Å². The first kappa shape index (κ1) is 7.40. The molecular weight excluding hydrogens is 154 g/mol. The minimum Gasteiger partial charge on any atom is -0.467 e. The first-order valence-electron chi connectivity index (χ1n) is 4.19. The van der Waals surface area contributed by atoms with E-state index in [4.69, 9.17) is 4.42 Å². The molecular formula is C9H11NO2. The summed E-state index contributed by atoms with van der Waals surface area (Å²) in [6, 6.07) is 3.84. The first-order chi connectivity index (χ1) is 5.86. The van der Waals surface area contributed by atoms with Crippen molar-refractivity contribution in [3.63, 3.8) is 0 Å². The number of furan rings is 1. The molecule has 0 aromatic carbocycles. The van der Waals surface area contributed by atoms with Gasteiger partial charge < -0.3 is 9.73 Å². The maximum atomic E-state index is 11.0. The second kappa shape index (κ2) is 3.01. The zero-order valence-corrected chi connectivity index (χ0v) is 6.75. The van der Waals surface area contributed by atoms with E-state index in [9.17, 15) is 4.79 Å². The predicted octanol–water partition coefficient (Wildman–Crippen LogP) is 1.62. The van der Waals surface area contributed by atoms with E-state index in [1.807, 2.05) is 12.1 Å². The molecule has 1 atom stereocenters. The summed E-state index contributed by atoms with van der Waals surface area (Å²) in [7, 11) is 0. The fraction of sp³-hybridized carbons (Fsp3) is 0.444. The molecule has 1 N–H and O–H groups in total. The van der Waals surface area contributed by atoms with Gasteiger partial charge >= 0.3 is 0 Å². The molecule has 3 nitrogen and oxygen atoms in total. The standard InChI is InChI=1S/C9H11NO2/c11-9-5-1-3-7(10-9)8-4-2-6-12-8/h2,4,6-7H,1,3,5H2,(H,10,11). The van der Waals surface area contributed by atoms with E-state index in [1.54, 1.807) is 6.26 Å². The van der Waals surface area contributed by atoms with Gasteiger partial charge in [-0.25, -0.2) is 0 Å². The van der Waals surface area contributed by atoms with Crippen molar-refractivity contribution < 1.29 is 9.21 Å². The fourth-order valence-electron chi connectivity index (χ4n) is 1.51. The van der Waals surface area contributed by atoms with Crippen LogP contribution in [0.2, 0.25) is 0 Å². The number of nitrogens with one attached hydrogen (secondary N) is 1. The van der Waals surface area contributed by atoms with Crippen molar-refractivity contribution in [1.82, 2.24) is 5.32 Å². The van der Waals surface area contributed by atoms with E-state index in [0.717, 1.165) is 18.6 Å². The number of carbonyl (C=O) groups excluding carboxylic acids is 1. The average Bonchev–Trinajstić information content (AvgIpc) is 2.56. The molecule has 2 heterocycles. The van der Waals surface area contributed by atoms with Gasteiger partial charge in [0.2, 0.25) is 5.91 Å². The molecule has 1 saturated heterocycles. The molecule has 2 rings (SSSR count). The van der Waals surface area contributed by atoms with Crippen LogP contribution in [0.4, 0.5) is 0 Å². The molecule has 1 aromatic rings. The Morgan fingerprint density at radius 3 is 3.17 bits per heavy atom. The van der Waals surface area contributed by atoms with Gasteiger partial charge in [0.25, 0.3) is 0 Å². The topological polar surface area (TPSA) is 42.2 Å². The smallest absolute Gasteiger partial charge is 0.220 e. The lowest BCUT2D eigenvalue weighted by Crippen LogP contribution is -2.32. The number of carbonyl (C=O) groups is 1. The highest BCUT2D eigenvalue weighted by Crippen LogP contribution is 2.23. The third kappa shape index (κ3) is 1.35. The summed E-state index contributed by atoms with van der Waals surface area (Å²) < 4.78 is 5.21. The Morgan fingerprint density at radius 2 is 2.50 bits per heavy atom. The molecule has 0 spiro atoms. The molecule has 1 aliphatic heterocycles. The van der Waals surface area contributed by atoms with Gasteiger partial charge in [-0.15, -0.1) is 0 Å². The van der Waals surface area contributed by atoms with Gasteiger partial charge in [-0.2, -0.15) is 0 Å². The average molecular weight is 165 g/mol. The van der Waals surface area contributed by atoms with Gasteiger partial charge in [-0.05, 0) is 25.0 Å². The van der Waals surface area contributed by atoms with Gasteiger partial charge in [0, 0.05) is 6.42 Å². The summed E-state index contributed by atoms with van der Waals surface area (Å²) in [4.78, 5) is 11.0. The first-order valence-corrected chi connectivity index (χ1v) is 4.19. The van der Waals surface area contributed by atoms with Crippen molar-refractivity contribution in [2.45, 2.75) is 25.3 Å². The number of rotatable bonds is 1. The number of amides is 1. The molecule has 1 amide bonds. The van der Waals surface area contributed by atoms with Crippen LogP contribution in [0.5, 0.6) is 0 Å². The molecule has 0 bridgehead atoms. The van der Waals surface area contributed by atoms with Crippen molar-refractivity contribution in [1.29, 1.82) is 0 Å². The molecule has 1 aromatic heterocycles. The molecule has 12 heavy (non-hydrogen) atoms. The third-order valence-electron chi connectivity index (χ3n) is 2.12. The van der Waals surface area contributed by atoms with Crippen molar-refractivity contribution in [2.24, 2.45) is 0 Å². The fourth-order valence-corrected chi connectivity index (χ4v) is 1.51. The summed E-state index contributed by atoms with van der Waals surface area (Å²) in [5.74, 6) is 0.991. The Morgan fingerprint density at radius 1 is 1.58 bits per heavy atom. The molecule has 1 fully saturated rings. The van der Waals surface area contributed by atoms with Crippen molar-refractivity contribution in [3.05, 3.63) is 24.2 Å². The summed E-state index contributed by atoms with van der Waals surface area (Å²) in [5, 5.41) is 2.89. The number of hydrogen-bond donors (Lipinski definition) is 1. The van der Waals surface area contributed by atoms with Gasteiger partial charge in [0.05, 0.1) is 12.3 Å².